The molecule has 0 spiro atoms. The maximum atomic E-state index is 2.47. The fraction of sp³-hybridized carbons (Fsp3) is 0.667. The van der Waals surface area contributed by atoms with Crippen LogP contribution in [0.3, 0.4) is 0 Å². The fourth-order valence-electron chi connectivity index (χ4n) is 1.73. The van der Waals surface area contributed by atoms with Crippen LogP contribution in [0.2, 0.25) is 0 Å². The van der Waals surface area contributed by atoms with Gasteiger partial charge in [-0.15, -0.1) is 0 Å². The van der Waals surface area contributed by atoms with Gasteiger partial charge in [-0.1, -0.05) is 44.1 Å². The molecule has 0 aliphatic heterocycles. The van der Waals surface area contributed by atoms with E-state index in [0.717, 1.165) is 19.6 Å². The smallest absolute Gasteiger partial charge is 0.0198 e. The molecule has 1 aliphatic rings. The lowest BCUT2D eigenvalue weighted by molar-refractivity contribution is 0.328. The van der Waals surface area contributed by atoms with Gasteiger partial charge in [-0.2, -0.15) is 0 Å². The first-order valence-corrected chi connectivity index (χ1v) is 5.39. The summed E-state index contributed by atoms with van der Waals surface area (Å²) in [6.45, 7) is 10.2. The van der Waals surface area contributed by atoms with Gasteiger partial charge in [0.25, 0.3) is 0 Å². The Morgan fingerprint density at radius 3 is 2.15 bits per heavy atom. The monoisotopic (exact) mass is 179 g/mol. The molecule has 0 radical (unpaired) electrons. The van der Waals surface area contributed by atoms with Gasteiger partial charge in [0.15, 0.2) is 0 Å². The summed E-state index contributed by atoms with van der Waals surface area (Å²) in [5.74, 6) is 0. The highest BCUT2D eigenvalue weighted by Gasteiger charge is 2.09. The molecular formula is C12H21N. The molecule has 0 aromatic rings. The molecule has 0 bridgehead atoms. The van der Waals surface area contributed by atoms with Crippen molar-refractivity contribution in [3.8, 4) is 0 Å². The number of allylic oxidation sites excluding steroid dienone is 3. The lowest BCUT2D eigenvalue weighted by Crippen LogP contribution is -2.25. The van der Waals surface area contributed by atoms with Crippen molar-refractivity contribution < 1.29 is 0 Å². The van der Waals surface area contributed by atoms with E-state index in [0.29, 0.717) is 0 Å². The molecule has 0 saturated heterocycles. The average Bonchev–Trinajstić information content (AvgIpc) is 2.61. The van der Waals surface area contributed by atoms with Gasteiger partial charge in [-0.3, -0.25) is 4.90 Å². The summed E-state index contributed by atoms with van der Waals surface area (Å²) < 4.78 is 0. The first-order chi connectivity index (χ1) is 6.30. The first kappa shape index (κ1) is 10.5. The van der Waals surface area contributed by atoms with Crippen LogP contribution < -0.4 is 0 Å². The van der Waals surface area contributed by atoms with E-state index in [1.807, 2.05) is 0 Å². The van der Waals surface area contributed by atoms with Crippen molar-refractivity contribution in [1.29, 1.82) is 0 Å². The van der Waals surface area contributed by atoms with Gasteiger partial charge in [-0.25, -0.2) is 0 Å². The summed E-state index contributed by atoms with van der Waals surface area (Å²) in [5, 5.41) is 0. The number of likely N-dealkylation sites (N-methyl/N-ethyl adjacent to an activating group) is 1. The predicted molar refractivity (Wildman–Crippen MR) is 58.9 cm³/mol. The largest absolute Gasteiger partial charge is 0.300 e. The molecule has 0 amide bonds. The molecule has 0 fully saturated rings. The van der Waals surface area contributed by atoms with E-state index in [1.165, 1.54) is 12.8 Å². The molecule has 0 N–H and O–H groups in total. The van der Waals surface area contributed by atoms with Crippen LogP contribution in [0.5, 0.6) is 0 Å². The Kier molecular flexibility index (Phi) is 4.23. The summed E-state index contributed by atoms with van der Waals surface area (Å²) in [4.78, 5) is 2.47. The van der Waals surface area contributed by atoms with Crippen molar-refractivity contribution in [3.05, 3.63) is 23.3 Å². The number of nitrogens with zero attached hydrogens (tertiary/aromatic N) is 1. The molecule has 0 unspecified atom stereocenters. The quantitative estimate of drug-likeness (QED) is 0.627. The van der Waals surface area contributed by atoms with E-state index < -0.39 is 0 Å². The van der Waals surface area contributed by atoms with Gasteiger partial charge in [0.1, 0.15) is 0 Å². The first-order valence-electron chi connectivity index (χ1n) is 5.39. The zero-order valence-electron chi connectivity index (χ0n) is 9.14. The zero-order valence-corrected chi connectivity index (χ0v) is 9.14. The summed E-state index contributed by atoms with van der Waals surface area (Å²) in [5.41, 5.74) is 3.17. The van der Waals surface area contributed by atoms with Crippen LogP contribution in [0.1, 0.15) is 33.6 Å². The van der Waals surface area contributed by atoms with Crippen molar-refractivity contribution in [2.24, 2.45) is 0 Å². The van der Waals surface area contributed by atoms with E-state index in [2.05, 4.69) is 37.8 Å². The zero-order chi connectivity index (χ0) is 9.68. The normalized spacial score (nSPS) is 16.3. The Morgan fingerprint density at radius 2 is 1.69 bits per heavy atom. The topological polar surface area (TPSA) is 3.24 Å². The van der Waals surface area contributed by atoms with Crippen LogP contribution in [0.25, 0.3) is 0 Å². The number of hydrogen-bond donors (Lipinski definition) is 0. The van der Waals surface area contributed by atoms with E-state index >= 15 is 0 Å². The Bertz CT molecular complexity index is 209. The fourth-order valence-corrected chi connectivity index (χ4v) is 1.73. The molecule has 1 aliphatic carbocycles. The molecule has 0 heterocycles. The van der Waals surface area contributed by atoms with Gasteiger partial charge < -0.3 is 0 Å². The highest BCUT2D eigenvalue weighted by Crippen LogP contribution is 2.21. The van der Waals surface area contributed by atoms with E-state index in [1.54, 1.807) is 11.1 Å². The molecule has 13 heavy (non-hydrogen) atoms. The third-order valence-electron chi connectivity index (χ3n) is 2.78. The van der Waals surface area contributed by atoms with Crippen LogP contribution in [0.15, 0.2) is 23.3 Å². The van der Waals surface area contributed by atoms with Gasteiger partial charge in [0.2, 0.25) is 0 Å². The molecular weight excluding hydrogens is 158 g/mol. The minimum atomic E-state index is 1.16. The highest BCUT2D eigenvalue weighted by atomic mass is 15.1. The molecule has 1 nitrogen and oxygen atoms in total. The van der Waals surface area contributed by atoms with Crippen molar-refractivity contribution in [2.75, 3.05) is 19.6 Å². The lowest BCUT2D eigenvalue weighted by Gasteiger charge is -2.18. The Morgan fingerprint density at radius 1 is 1.08 bits per heavy atom. The number of hydrogen-bond acceptors (Lipinski definition) is 1. The third-order valence-corrected chi connectivity index (χ3v) is 2.78. The second-order valence-corrected chi connectivity index (χ2v) is 3.64. The van der Waals surface area contributed by atoms with E-state index in [9.17, 15) is 0 Å². The van der Waals surface area contributed by atoms with Gasteiger partial charge in [-0.05, 0) is 25.9 Å². The molecule has 0 aromatic heterocycles. The molecule has 0 atom stereocenters. The standard InChI is InChI=1S/C12H21N/c1-4-11-7-8-12(9-11)10-13(5-2)6-3/h7-8H,4-6,9-10H2,1-3H3. The van der Waals surface area contributed by atoms with E-state index in [4.69, 9.17) is 0 Å². The minimum absolute atomic E-state index is 1.16. The van der Waals surface area contributed by atoms with Gasteiger partial charge in [0, 0.05) is 6.54 Å². The molecule has 0 saturated carbocycles. The maximum Gasteiger partial charge on any atom is 0.0198 e. The van der Waals surface area contributed by atoms with Crippen LogP contribution in [-0.2, 0) is 0 Å². The van der Waals surface area contributed by atoms with Crippen molar-refractivity contribution in [3.63, 3.8) is 0 Å². The second-order valence-electron chi connectivity index (χ2n) is 3.64. The second kappa shape index (κ2) is 5.23. The third kappa shape index (κ3) is 3.00. The Balaban J connectivity index is 2.33. The molecule has 1 rings (SSSR count). The summed E-state index contributed by atoms with van der Waals surface area (Å²) >= 11 is 0. The molecule has 74 valence electrons. The van der Waals surface area contributed by atoms with Crippen LogP contribution >= 0.6 is 0 Å². The van der Waals surface area contributed by atoms with Crippen LogP contribution in [0.4, 0.5) is 0 Å². The summed E-state index contributed by atoms with van der Waals surface area (Å²) in [6.07, 6.45) is 7.02. The van der Waals surface area contributed by atoms with Crippen molar-refractivity contribution in [1.82, 2.24) is 4.90 Å². The molecule has 1 heteroatoms. The summed E-state index contributed by atoms with van der Waals surface area (Å²) in [7, 11) is 0. The minimum Gasteiger partial charge on any atom is -0.300 e. The number of rotatable bonds is 5. The van der Waals surface area contributed by atoms with Gasteiger partial charge in [0.05, 0.1) is 0 Å². The maximum absolute atomic E-state index is 2.47. The average molecular weight is 179 g/mol. The van der Waals surface area contributed by atoms with Crippen LogP contribution in [-0.4, -0.2) is 24.5 Å². The van der Waals surface area contributed by atoms with E-state index in [-0.39, 0.29) is 0 Å². The van der Waals surface area contributed by atoms with Crippen LogP contribution in [0, 0.1) is 0 Å². The Labute approximate surface area is 82.1 Å². The Hall–Kier alpha value is -0.560. The SMILES string of the molecule is CCC1=CC=C(CN(CC)CC)C1. The molecule has 0 aromatic carbocycles. The van der Waals surface area contributed by atoms with Crippen molar-refractivity contribution >= 4 is 0 Å². The lowest BCUT2D eigenvalue weighted by atomic mass is 10.1. The highest BCUT2D eigenvalue weighted by molar-refractivity contribution is 5.30. The van der Waals surface area contributed by atoms with Crippen molar-refractivity contribution in [2.45, 2.75) is 33.6 Å². The summed E-state index contributed by atoms with van der Waals surface area (Å²) in [6, 6.07) is 0. The van der Waals surface area contributed by atoms with Gasteiger partial charge >= 0.3 is 0 Å². The predicted octanol–water partition coefficient (Wildman–Crippen LogP) is 2.99.